The van der Waals surface area contributed by atoms with E-state index in [1.807, 2.05) is 12.1 Å². The Hall–Kier alpha value is -0.830. The van der Waals surface area contributed by atoms with Crippen LogP contribution in [0.1, 0.15) is 70.3 Å². The van der Waals surface area contributed by atoms with Gasteiger partial charge >= 0.3 is 0 Å². The number of rotatable bonds is 8. The van der Waals surface area contributed by atoms with Crippen molar-refractivity contribution in [1.29, 1.82) is 0 Å². The normalized spacial score (nSPS) is 17.0. The van der Waals surface area contributed by atoms with E-state index in [1.54, 1.807) is 0 Å². The zero-order valence-electron chi connectivity index (χ0n) is 14.3. The molecule has 0 bridgehead atoms. The van der Waals surface area contributed by atoms with Crippen LogP contribution < -0.4 is 5.32 Å². The highest BCUT2D eigenvalue weighted by Crippen LogP contribution is 2.27. The molecule has 1 saturated carbocycles. The Morgan fingerprint density at radius 1 is 1.22 bits per heavy atom. The molecular formula is C20H30BrNO. The molecule has 128 valence electrons. The van der Waals surface area contributed by atoms with Crippen LogP contribution in [-0.4, -0.2) is 10.7 Å². The van der Waals surface area contributed by atoms with Gasteiger partial charge in [0.1, 0.15) is 0 Å². The quantitative estimate of drug-likeness (QED) is 0.543. The second kappa shape index (κ2) is 10.1. The smallest absolute Gasteiger partial charge is 0.224 e. The van der Waals surface area contributed by atoms with Crippen molar-refractivity contribution >= 4 is 27.5 Å². The number of carbonyl (C=O) groups is 1. The monoisotopic (exact) mass is 379 g/mol. The lowest BCUT2D eigenvalue weighted by molar-refractivity contribution is -0.116. The molecule has 0 radical (unpaired) electrons. The first kappa shape index (κ1) is 18.5. The van der Waals surface area contributed by atoms with E-state index in [2.05, 4.69) is 40.3 Å². The third-order valence-electron chi connectivity index (χ3n) is 4.80. The summed E-state index contributed by atoms with van der Waals surface area (Å²) in [6.07, 6.45) is 11.8. The van der Waals surface area contributed by atoms with Gasteiger partial charge < -0.3 is 5.32 Å². The Morgan fingerprint density at radius 2 is 1.91 bits per heavy atom. The molecular weight excluding hydrogens is 350 g/mol. The molecule has 1 aromatic carbocycles. The minimum Gasteiger partial charge on any atom is -0.326 e. The van der Waals surface area contributed by atoms with Crippen molar-refractivity contribution in [3.8, 4) is 0 Å². The average Bonchev–Trinajstić information content (AvgIpc) is 2.56. The zero-order valence-corrected chi connectivity index (χ0v) is 15.9. The van der Waals surface area contributed by atoms with Crippen molar-refractivity contribution in [1.82, 2.24) is 0 Å². The third kappa shape index (κ3) is 7.07. The van der Waals surface area contributed by atoms with Gasteiger partial charge in [0.25, 0.3) is 0 Å². The van der Waals surface area contributed by atoms with Crippen LogP contribution in [0.5, 0.6) is 0 Å². The molecule has 1 amide bonds. The van der Waals surface area contributed by atoms with Crippen LogP contribution in [0, 0.1) is 5.92 Å². The molecule has 3 heteroatoms. The van der Waals surface area contributed by atoms with Crippen molar-refractivity contribution in [2.45, 2.75) is 76.0 Å². The van der Waals surface area contributed by atoms with Gasteiger partial charge in [-0.1, -0.05) is 73.5 Å². The van der Waals surface area contributed by atoms with E-state index in [0.717, 1.165) is 24.4 Å². The van der Waals surface area contributed by atoms with Crippen LogP contribution >= 0.6 is 15.9 Å². The van der Waals surface area contributed by atoms with E-state index in [9.17, 15) is 4.79 Å². The van der Waals surface area contributed by atoms with Gasteiger partial charge in [-0.15, -0.1) is 0 Å². The Labute approximate surface area is 149 Å². The van der Waals surface area contributed by atoms with Crippen molar-refractivity contribution < 1.29 is 4.79 Å². The molecule has 0 heterocycles. The Morgan fingerprint density at radius 3 is 2.57 bits per heavy atom. The van der Waals surface area contributed by atoms with Crippen molar-refractivity contribution in [2.24, 2.45) is 5.92 Å². The lowest BCUT2D eigenvalue weighted by atomic mass is 9.86. The highest BCUT2D eigenvalue weighted by molar-refractivity contribution is 9.09. The van der Waals surface area contributed by atoms with E-state index in [1.165, 1.54) is 50.5 Å². The fraction of sp³-hybridized carbons (Fsp3) is 0.650. The minimum atomic E-state index is 0.160. The number of amides is 1. The largest absolute Gasteiger partial charge is 0.326 e. The Kier molecular flexibility index (Phi) is 8.14. The molecule has 0 saturated heterocycles. The second-order valence-corrected chi connectivity index (χ2v) is 8.17. The first-order valence-corrected chi connectivity index (χ1v) is 10.1. The molecule has 1 aliphatic carbocycles. The average molecular weight is 380 g/mol. The summed E-state index contributed by atoms with van der Waals surface area (Å²) in [5.41, 5.74) is 2.24. The van der Waals surface area contributed by atoms with Gasteiger partial charge in [-0.05, 0) is 42.9 Å². The van der Waals surface area contributed by atoms with Crippen LogP contribution in [0.2, 0.25) is 0 Å². The van der Waals surface area contributed by atoms with Crippen molar-refractivity contribution in [3.05, 3.63) is 29.8 Å². The maximum atomic E-state index is 12.1. The van der Waals surface area contributed by atoms with Gasteiger partial charge in [-0.3, -0.25) is 4.79 Å². The molecule has 1 aromatic rings. The molecule has 0 aliphatic heterocycles. The van der Waals surface area contributed by atoms with Crippen LogP contribution in [0.3, 0.4) is 0 Å². The Bertz CT molecular complexity index is 465. The van der Waals surface area contributed by atoms with Crippen LogP contribution in [0.4, 0.5) is 5.69 Å². The fourth-order valence-electron chi connectivity index (χ4n) is 3.43. The first-order chi connectivity index (χ1) is 11.2. The second-order valence-electron chi connectivity index (χ2n) is 6.88. The third-order valence-corrected chi connectivity index (χ3v) is 5.58. The molecule has 0 spiro atoms. The van der Waals surface area contributed by atoms with E-state index >= 15 is 0 Å². The number of anilines is 1. The number of alkyl halides is 1. The van der Waals surface area contributed by atoms with Gasteiger partial charge in [0, 0.05) is 16.9 Å². The number of nitrogens with one attached hydrogen (secondary N) is 1. The topological polar surface area (TPSA) is 29.1 Å². The highest BCUT2D eigenvalue weighted by atomic mass is 79.9. The highest BCUT2D eigenvalue weighted by Gasteiger charge is 2.14. The SMILES string of the molecule is CCCC(Br)Cc1ccc(NC(=O)CCC2CCCCC2)cc1. The summed E-state index contributed by atoms with van der Waals surface area (Å²) in [5.74, 6) is 0.930. The molecule has 0 aromatic heterocycles. The summed E-state index contributed by atoms with van der Waals surface area (Å²) < 4.78 is 0. The predicted molar refractivity (Wildman–Crippen MR) is 102 cm³/mol. The molecule has 2 rings (SSSR count). The molecule has 23 heavy (non-hydrogen) atoms. The van der Waals surface area contributed by atoms with Crippen LogP contribution in [0.15, 0.2) is 24.3 Å². The van der Waals surface area contributed by atoms with Crippen molar-refractivity contribution in [3.63, 3.8) is 0 Å². The molecule has 1 N–H and O–H groups in total. The summed E-state index contributed by atoms with van der Waals surface area (Å²) in [7, 11) is 0. The minimum absolute atomic E-state index is 0.160. The van der Waals surface area contributed by atoms with Crippen LogP contribution in [0.25, 0.3) is 0 Å². The summed E-state index contributed by atoms with van der Waals surface area (Å²) in [6, 6.07) is 8.31. The van der Waals surface area contributed by atoms with E-state index < -0.39 is 0 Å². The van der Waals surface area contributed by atoms with Gasteiger partial charge in [-0.25, -0.2) is 0 Å². The standard InChI is InChI=1S/C20H30BrNO/c1-2-6-18(21)15-17-9-12-19(13-10-17)22-20(23)14-11-16-7-4-3-5-8-16/h9-10,12-13,16,18H,2-8,11,14-15H2,1H3,(H,22,23). The van der Waals surface area contributed by atoms with E-state index in [0.29, 0.717) is 11.2 Å². The fourth-order valence-corrected chi connectivity index (χ4v) is 4.26. The molecule has 2 nitrogen and oxygen atoms in total. The van der Waals surface area contributed by atoms with Gasteiger partial charge in [0.2, 0.25) is 5.91 Å². The van der Waals surface area contributed by atoms with Gasteiger partial charge in [-0.2, -0.15) is 0 Å². The summed E-state index contributed by atoms with van der Waals surface area (Å²) >= 11 is 3.72. The summed E-state index contributed by atoms with van der Waals surface area (Å²) in [4.78, 5) is 12.6. The maximum absolute atomic E-state index is 12.1. The molecule has 1 atom stereocenters. The Balaban J connectivity index is 1.72. The van der Waals surface area contributed by atoms with Gasteiger partial charge in [0.05, 0.1) is 0 Å². The zero-order chi connectivity index (χ0) is 16.5. The predicted octanol–water partition coefficient (Wildman–Crippen LogP) is 6.09. The molecule has 1 unspecified atom stereocenters. The molecule has 1 aliphatic rings. The molecule has 1 fully saturated rings. The van der Waals surface area contributed by atoms with Crippen LogP contribution in [-0.2, 0) is 11.2 Å². The van der Waals surface area contributed by atoms with E-state index in [-0.39, 0.29) is 5.91 Å². The van der Waals surface area contributed by atoms with E-state index in [4.69, 9.17) is 0 Å². The number of halogens is 1. The summed E-state index contributed by atoms with van der Waals surface area (Å²) in [6.45, 7) is 2.21. The number of benzene rings is 1. The maximum Gasteiger partial charge on any atom is 0.224 e. The number of hydrogen-bond donors (Lipinski definition) is 1. The number of carbonyl (C=O) groups excluding carboxylic acids is 1. The van der Waals surface area contributed by atoms with Gasteiger partial charge in [0.15, 0.2) is 0 Å². The summed E-state index contributed by atoms with van der Waals surface area (Å²) in [5, 5.41) is 3.04. The lowest BCUT2D eigenvalue weighted by Gasteiger charge is -2.21. The lowest BCUT2D eigenvalue weighted by Crippen LogP contribution is -2.14. The van der Waals surface area contributed by atoms with Crippen molar-refractivity contribution in [2.75, 3.05) is 5.32 Å². The number of hydrogen-bond acceptors (Lipinski definition) is 1. The first-order valence-electron chi connectivity index (χ1n) is 9.20.